The molecular formula is C36H34O3. The molecular weight excluding hydrogens is 480 g/mol. The fraction of sp³-hybridized carbons (Fsp3) is 0.278. The second-order valence-electron chi connectivity index (χ2n) is 11.0. The number of fused-ring (bicyclic) bond motifs is 6. The Hall–Kier alpha value is -3.98. The molecule has 0 unspecified atom stereocenters. The highest BCUT2D eigenvalue weighted by Crippen LogP contribution is 2.62. The number of hydrogen-bond acceptors (Lipinski definition) is 3. The zero-order chi connectivity index (χ0) is 27.0. The first kappa shape index (κ1) is 25.3. The number of benzene rings is 4. The van der Waals surface area contributed by atoms with Crippen LogP contribution in [0.4, 0.5) is 0 Å². The second-order valence-corrected chi connectivity index (χ2v) is 11.0. The highest BCUT2D eigenvalue weighted by atomic mass is 16.5. The Morgan fingerprint density at radius 3 is 1.31 bits per heavy atom. The van der Waals surface area contributed by atoms with Gasteiger partial charge in [0.05, 0.1) is 6.61 Å². The van der Waals surface area contributed by atoms with Crippen molar-refractivity contribution in [3.8, 4) is 22.3 Å². The Labute approximate surface area is 230 Å². The summed E-state index contributed by atoms with van der Waals surface area (Å²) in [7, 11) is 0. The Bertz CT molecular complexity index is 1470. The van der Waals surface area contributed by atoms with Gasteiger partial charge in [-0.3, -0.25) is 4.79 Å². The number of esters is 1. The molecule has 4 aromatic rings. The zero-order valence-electron chi connectivity index (χ0n) is 22.7. The van der Waals surface area contributed by atoms with E-state index in [0.717, 1.165) is 12.8 Å². The average Bonchev–Trinajstić information content (AvgIpc) is 3.40. The average molecular weight is 515 g/mol. The molecule has 0 saturated carbocycles. The molecule has 0 amide bonds. The smallest absolute Gasteiger partial charge is 0.305 e. The molecule has 0 bridgehead atoms. The number of carbonyl (C=O) groups excluding carboxylic acids is 2. The predicted octanol–water partition coefficient (Wildman–Crippen LogP) is 8.02. The number of ketones is 1. The molecule has 39 heavy (non-hydrogen) atoms. The van der Waals surface area contributed by atoms with Crippen LogP contribution in [0.25, 0.3) is 22.3 Å². The molecule has 0 N–H and O–H groups in total. The van der Waals surface area contributed by atoms with Crippen molar-refractivity contribution in [2.24, 2.45) is 0 Å². The van der Waals surface area contributed by atoms with E-state index in [1.165, 1.54) is 44.5 Å². The van der Waals surface area contributed by atoms with Gasteiger partial charge in [0, 0.05) is 23.7 Å². The van der Waals surface area contributed by atoms with E-state index in [0.29, 0.717) is 25.9 Å². The van der Waals surface area contributed by atoms with Gasteiger partial charge in [0.1, 0.15) is 5.78 Å². The summed E-state index contributed by atoms with van der Waals surface area (Å²) < 4.78 is 5.43. The van der Waals surface area contributed by atoms with E-state index in [9.17, 15) is 9.59 Å². The van der Waals surface area contributed by atoms with E-state index < -0.39 is 5.41 Å². The third kappa shape index (κ3) is 4.03. The van der Waals surface area contributed by atoms with Gasteiger partial charge >= 0.3 is 5.97 Å². The van der Waals surface area contributed by atoms with Gasteiger partial charge in [-0.25, -0.2) is 0 Å². The van der Waals surface area contributed by atoms with Crippen LogP contribution in [0.3, 0.4) is 0 Å². The van der Waals surface area contributed by atoms with Crippen LogP contribution < -0.4 is 0 Å². The van der Waals surface area contributed by atoms with Crippen molar-refractivity contribution in [1.82, 2.24) is 0 Å². The van der Waals surface area contributed by atoms with E-state index in [-0.39, 0.29) is 17.2 Å². The van der Waals surface area contributed by atoms with Crippen molar-refractivity contribution in [1.29, 1.82) is 0 Å². The number of Topliss-reactive ketones (excluding diaryl/α,β-unsaturated/α-hetero) is 1. The summed E-state index contributed by atoms with van der Waals surface area (Å²) in [4.78, 5) is 25.3. The maximum absolute atomic E-state index is 12.8. The van der Waals surface area contributed by atoms with E-state index in [1.807, 2.05) is 6.92 Å². The highest BCUT2D eigenvalue weighted by Gasteiger charge is 2.52. The molecule has 4 aromatic carbocycles. The summed E-state index contributed by atoms with van der Waals surface area (Å²) in [5.74, 6) is 0.0350. The SMILES string of the molecule is CCOC(=O)CCC1(CC2(CCC(C)=O)c3ccccc3-c3ccccc32)c2ccccc2-c2ccccc21. The first-order valence-corrected chi connectivity index (χ1v) is 14.0. The minimum atomic E-state index is -0.415. The summed E-state index contributed by atoms with van der Waals surface area (Å²) in [6.07, 6.45) is 2.98. The first-order chi connectivity index (χ1) is 19.0. The van der Waals surface area contributed by atoms with Gasteiger partial charge < -0.3 is 9.53 Å². The van der Waals surface area contributed by atoms with Crippen molar-refractivity contribution >= 4 is 11.8 Å². The number of rotatable bonds is 9. The summed E-state index contributed by atoms with van der Waals surface area (Å²) in [6.45, 7) is 3.93. The van der Waals surface area contributed by atoms with Crippen LogP contribution in [0, 0.1) is 0 Å². The lowest BCUT2D eigenvalue weighted by Crippen LogP contribution is -2.38. The monoisotopic (exact) mass is 514 g/mol. The van der Waals surface area contributed by atoms with Crippen LogP contribution >= 0.6 is 0 Å². The molecule has 0 heterocycles. The molecule has 0 radical (unpaired) electrons. The lowest BCUT2D eigenvalue weighted by Gasteiger charge is -2.43. The Morgan fingerprint density at radius 2 is 0.949 bits per heavy atom. The molecule has 196 valence electrons. The van der Waals surface area contributed by atoms with Crippen LogP contribution in [0.15, 0.2) is 97.1 Å². The predicted molar refractivity (Wildman–Crippen MR) is 156 cm³/mol. The van der Waals surface area contributed by atoms with Gasteiger partial charge in [0.15, 0.2) is 0 Å². The molecule has 3 nitrogen and oxygen atoms in total. The zero-order valence-corrected chi connectivity index (χ0v) is 22.7. The first-order valence-electron chi connectivity index (χ1n) is 14.0. The molecule has 2 aliphatic rings. The fourth-order valence-electron chi connectivity index (χ4n) is 7.38. The van der Waals surface area contributed by atoms with Gasteiger partial charge in [0.2, 0.25) is 0 Å². The minimum Gasteiger partial charge on any atom is -0.466 e. The van der Waals surface area contributed by atoms with E-state index in [2.05, 4.69) is 97.1 Å². The quantitative estimate of drug-likeness (QED) is 0.212. The van der Waals surface area contributed by atoms with Gasteiger partial charge in [-0.2, -0.15) is 0 Å². The van der Waals surface area contributed by atoms with Crippen LogP contribution in [0.5, 0.6) is 0 Å². The third-order valence-corrected chi connectivity index (χ3v) is 8.92. The maximum Gasteiger partial charge on any atom is 0.305 e. The molecule has 2 aliphatic carbocycles. The lowest BCUT2D eigenvalue weighted by molar-refractivity contribution is -0.143. The molecule has 0 aromatic heterocycles. The number of carbonyl (C=O) groups is 2. The van der Waals surface area contributed by atoms with Gasteiger partial charge in [0.25, 0.3) is 0 Å². The minimum absolute atomic E-state index is 0.163. The molecule has 0 saturated heterocycles. The van der Waals surface area contributed by atoms with Crippen molar-refractivity contribution in [2.45, 2.75) is 56.8 Å². The van der Waals surface area contributed by atoms with Crippen LogP contribution in [-0.4, -0.2) is 18.4 Å². The lowest BCUT2D eigenvalue weighted by atomic mass is 9.59. The van der Waals surface area contributed by atoms with E-state index in [4.69, 9.17) is 4.74 Å². The summed E-state index contributed by atoms with van der Waals surface area (Å²) in [6, 6.07) is 34.7. The molecule has 0 spiro atoms. The Balaban J connectivity index is 1.61. The molecule has 3 heteroatoms. The second kappa shape index (κ2) is 9.96. The summed E-state index contributed by atoms with van der Waals surface area (Å²) >= 11 is 0. The van der Waals surface area contributed by atoms with E-state index in [1.54, 1.807) is 6.92 Å². The molecule has 0 aliphatic heterocycles. The van der Waals surface area contributed by atoms with Crippen molar-refractivity contribution in [3.63, 3.8) is 0 Å². The Morgan fingerprint density at radius 1 is 0.590 bits per heavy atom. The summed E-state index contributed by atoms with van der Waals surface area (Å²) in [5.41, 5.74) is 9.26. The highest BCUT2D eigenvalue weighted by molar-refractivity contribution is 5.85. The fourth-order valence-corrected chi connectivity index (χ4v) is 7.38. The van der Waals surface area contributed by atoms with Gasteiger partial charge in [-0.05, 0) is 77.6 Å². The maximum atomic E-state index is 12.8. The van der Waals surface area contributed by atoms with Crippen LogP contribution in [-0.2, 0) is 25.2 Å². The van der Waals surface area contributed by atoms with Crippen molar-refractivity contribution in [3.05, 3.63) is 119 Å². The number of ether oxygens (including phenoxy) is 1. The molecule has 0 fully saturated rings. The Kier molecular flexibility index (Phi) is 6.46. The van der Waals surface area contributed by atoms with Crippen molar-refractivity contribution in [2.75, 3.05) is 6.61 Å². The van der Waals surface area contributed by atoms with Crippen LogP contribution in [0.2, 0.25) is 0 Å². The third-order valence-electron chi connectivity index (χ3n) is 8.92. The topological polar surface area (TPSA) is 43.4 Å². The van der Waals surface area contributed by atoms with E-state index >= 15 is 0 Å². The largest absolute Gasteiger partial charge is 0.466 e. The van der Waals surface area contributed by atoms with Crippen LogP contribution in [0.1, 0.15) is 68.2 Å². The summed E-state index contributed by atoms with van der Waals surface area (Å²) in [5, 5.41) is 0. The number of hydrogen-bond donors (Lipinski definition) is 0. The molecule has 0 atom stereocenters. The normalized spacial score (nSPS) is 15.1. The standard InChI is InChI=1S/C36H34O3/c1-3-39-34(38)21-23-36(32-18-10-6-14-28(32)29-15-7-11-19-33(29)36)24-35(22-20-25(2)37)30-16-8-4-12-26(30)27-13-5-9-17-31(27)35/h4-19H,3,20-24H2,1-2H3. The van der Waals surface area contributed by atoms with Gasteiger partial charge in [-0.1, -0.05) is 97.1 Å². The molecule has 6 rings (SSSR count). The van der Waals surface area contributed by atoms with Gasteiger partial charge in [-0.15, -0.1) is 0 Å². The van der Waals surface area contributed by atoms with Crippen molar-refractivity contribution < 1.29 is 14.3 Å².